The Morgan fingerprint density at radius 1 is 1.28 bits per heavy atom. The van der Waals surface area contributed by atoms with Crippen molar-refractivity contribution in [1.82, 2.24) is 15.3 Å². The number of hydrazine groups is 1. The molecule has 3 aliphatic heterocycles. The standard InChI is InChI=1S/C28H37BrFN3O3/c1-18-13-22-20(10-11-24-23(22)15-33(31-24)26-7-5-6-12-36-26)27(32(18)16-28(2,30)17-34-3)21-9-8-19(29)14-25(21)35-4/h8-11,14-15,18,24,26-27,31H,5-7,12-13,16-17H2,1-4H3/t18-,24?,26?,27+,28?/m1/s1. The maximum absolute atomic E-state index is 15.6. The third-order valence-electron chi connectivity index (χ3n) is 7.67. The highest BCUT2D eigenvalue weighted by Gasteiger charge is 2.43. The fourth-order valence-electron chi connectivity index (χ4n) is 6.06. The molecule has 1 aromatic rings. The Morgan fingerprint density at radius 2 is 2.11 bits per heavy atom. The van der Waals surface area contributed by atoms with Gasteiger partial charge >= 0.3 is 0 Å². The zero-order valence-electron chi connectivity index (χ0n) is 21.6. The Bertz CT molecular complexity index is 1070. The van der Waals surface area contributed by atoms with E-state index in [1.165, 1.54) is 23.1 Å². The van der Waals surface area contributed by atoms with Crippen LogP contribution in [-0.2, 0) is 9.47 Å². The number of nitrogens with one attached hydrogen (secondary N) is 1. The van der Waals surface area contributed by atoms with Crippen molar-refractivity contribution in [3.63, 3.8) is 0 Å². The van der Waals surface area contributed by atoms with E-state index in [0.29, 0.717) is 0 Å². The topological polar surface area (TPSA) is 46.2 Å². The summed E-state index contributed by atoms with van der Waals surface area (Å²) in [4.78, 5) is 2.28. The van der Waals surface area contributed by atoms with E-state index in [2.05, 4.69) is 62.6 Å². The van der Waals surface area contributed by atoms with Crippen molar-refractivity contribution in [2.24, 2.45) is 0 Å². The Hall–Kier alpha value is -1.71. The normalized spacial score (nSPS) is 30.1. The molecule has 3 heterocycles. The molecule has 196 valence electrons. The van der Waals surface area contributed by atoms with Gasteiger partial charge in [0, 0.05) is 42.5 Å². The van der Waals surface area contributed by atoms with Gasteiger partial charge < -0.3 is 14.2 Å². The summed E-state index contributed by atoms with van der Waals surface area (Å²) in [6.45, 7) is 4.95. The van der Waals surface area contributed by atoms with Gasteiger partial charge in [0.2, 0.25) is 0 Å². The van der Waals surface area contributed by atoms with Crippen LogP contribution in [0.5, 0.6) is 5.75 Å². The molecular formula is C28H37BrFN3O3. The van der Waals surface area contributed by atoms with E-state index in [-0.39, 0.29) is 37.5 Å². The monoisotopic (exact) mass is 561 g/mol. The third-order valence-corrected chi connectivity index (χ3v) is 8.17. The van der Waals surface area contributed by atoms with Gasteiger partial charge in [0.1, 0.15) is 17.6 Å². The highest BCUT2D eigenvalue weighted by Crippen LogP contribution is 2.48. The van der Waals surface area contributed by atoms with Crippen molar-refractivity contribution in [1.29, 1.82) is 0 Å². The van der Waals surface area contributed by atoms with E-state index in [1.54, 1.807) is 21.1 Å². The minimum atomic E-state index is -1.48. The van der Waals surface area contributed by atoms with Gasteiger partial charge in [-0.25, -0.2) is 9.82 Å². The first-order valence-corrected chi connectivity index (χ1v) is 13.7. The van der Waals surface area contributed by atoms with E-state index in [1.807, 2.05) is 12.1 Å². The zero-order valence-corrected chi connectivity index (χ0v) is 23.2. The van der Waals surface area contributed by atoms with Crippen LogP contribution < -0.4 is 10.2 Å². The van der Waals surface area contributed by atoms with Crippen LogP contribution in [0.3, 0.4) is 0 Å². The summed E-state index contributed by atoms with van der Waals surface area (Å²) < 4.78 is 33.7. The number of rotatable bonds is 7. The molecule has 5 rings (SSSR count). The van der Waals surface area contributed by atoms with Gasteiger partial charge in [-0.2, -0.15) is 0 Å². The van der Waals surface area contributed by atoms with Crippen molar-refractivity contribution < 1.29 is 18.6 Å². The Labute approximate surface area is 222 Å². The first-order chi connectivity index (χ1) is 17.3. The lowest BCUT2D eigenvalue weighted by molar-refractivity contribution is -0.0817. The molecule has 1 aromatic carbocycles. The van der Waals surface area contributed by atoms with Crippen LogP contribution in [0.1, 0.15) is 51.1 Å². The number of halogens is 2. The van der Waals surface area contributed by atoms with Crippen molar-refractivity contribution in [2.45, 2.75) is 69.6 Å². The molecular weight excluding hydrogens is 525 g/mol. The lowest BCUT2D eigenvalue weighted by atomic mass is 9.77. The SMILES string of the molecule is COCC(C)(F)CN1[C@H](C)CC2=C(C=CC3NN(C4CCCCO4)C=C23)[C@H]1c1ccc(Br)cc1OC. The molecule has 3 unspecified atom stereocenters. The number of alkyl halides is 1. The van der Waals surface area contributed by atoms with E-state index in [9.17, 15) is 0 Å². The van der Waals surface area contributed by atoms with Crippen molar-refractivity contribution in [3.05, 3.63) is 63.3 Å². The molecule has 1 N–H and O–H groups in total. The van der Waals surface area contributed by atoms with E-state index >= 15 is 4.39 Å². The second kappa shape index (κ2) is 10.6. The van der Waals surface area contributed by atoms with Crippen molar-refractivity contribution >= 4 is 15.9 Å². The van der Waals surface area contributed by atoms with Crippen LogP contribution in [0.25, 0.3) is 0 Å². The molecule has 6 nitrogen and oxygen atoms in total. The second-order valence-electron chi connectivity index (χ2n) is 10.6. The van der Waals surface area contributed by atoms with Crippen molar-refractivity contribution in [3.8, 4) is 5.75 Å². The van der Waals surface area contributed by atoms with Gasteiger partial charge in [0.25, 0.3) is 0 Å². The molecule has 8 heteroatoms. The van der Waals surface area contributed by atoms with Crippen LogP contribution >= 0.6 is 15.9 Å². The van der Waals surface area contributed by atoms with E-state index < -0.39 is 5.67 Å². The lowest BCUT2D eigenvalue weighted by Crippen LogP contribution is -2.50. The summed E-state index contributed by atoms with van der Waals surface area (Å²) >= 11 is 3.58. The summed E-state index contributed by atoms with van der Waals surface area (Å²) in [5.41, 5.74) is 7.02. The summed E-state index contributed by atoms with van der Waals surface area (Å²) in [6.07, 6.45) is 10.9. The number of nitrogens with zero attached hydrogens (tertiary/aromatic N) is 2. The molecule has 0 amide bonds. The van der Waals surface area contributed by atoms with E-state index in [4.69, 9.17) is 14.2 Å². The molecule has 0 saturated carbocycles. The summed E-state index contributed by atoms with van der Waals surface area (Å²) in [5, 5.41) is 2.16. The number of ether oxygens (including phenoxy) is 3. The molecule has 1 fully saturated rings. The van der Waals surface area contributed by atoms with Gasteiger partial charge in [-0.1, -0.05) is 34.1 Å². The molecule has 0 bridgehead atoms. The summed E-state index contributed by atoms with van der Waals surface area (Å²) in [5.74, 6) is 0.791. The van der Waals surface area contributed by atoms with Crippen molar-refractivity contribution in [2.75, 3.05) is 34.0 Å². The summed E-state index contributed by atoms with van der Waals surface area (Å²) in [7, 11) is 3.25. The van der Waals surface area contributed by atoms with Crippen LogP contribution in [-0.4, -0.2) is 67.9 Å². The van der Waals surface area contributed by atoms with Crippen LogP contribution in [0.4, 0.5) is 4.39 Å². The number of hydrogen-bond donors (Lipinski definition) is 1. The quantitative estimate of drug-likeness (QED) is 0.478. The van der Waals surface area contributed by atoms with Crippen LogP contribution in [0.2, 0.25) is 0 Å². The molecule has 36 heavy (non-hydrogen) atoms. The minimum absolute atomic E-state index is 0.0512. The van der Waals surface area contributed by atoms with Gasteiger partial charge in [0.05, 0.1) is 25.8 Å². The molecule has 5 atom stereocenters. The highest BCUT2D eigenvalue weighted by atomic mass is 79.9. The lowest BCUT2D eigenvalue weighted by Gasteiger charge is -2.46. The van der Waals surface area contributed by atoms with Gasteiger partial charge in [-0.15, -0.1) is 0 Å². The predicted octanol–water partition coefficient (Wildman–Crippen LogP) is 5.43. The summed E-state index contributed by atoms with van der Waals surface area (Å²) in [6, 6.07) is 6.23. The number of fused-ring (bicyclic) bond motifs is 2. The fraction of sp³-hybridized carbons (Fsp3) is 0.571. The molecule has 0 radical (unpaired) electrons. The van der Waals surface area contributed by atoms with Gasteiger partial charge in [0.15, 0.2) is 0 Å². The Balaban J connectivity index is 1.57. The zero-order chi connectivity index (χ0) is 25.4. The van der Waals surface area contributed by atoms with Crippen LogP contribution in [0.15, 0.2) is 57.7 Å². The predicted molar refractivity (Wildman–Crippen MR) is 142 cm³/mol. The average molecular weight is 563 g/mol. The molecule has 0 aromatic heterocycles. The van der Waals surface area contributed by atoms with Gasteiger partial charge in [-0.3, -0.25) is 9.91 Å². The maximum Gasteiger partial charge on any atom is 0.144 e. The molecule has 1 saturated heterocycles. The number of benzene rings is 1. The number of methoxy groups -OCH3 is 2. The Kier molecular flexibility index (Phi) is 7.61. The first-order valence-electron chi connectivity index (χ1n) is 12.9. The number of hydrogen-bond acceptors (Lipinski definition) is 6. The smallest absolute Gasteiger partial charge is 0.144 e. The van der Waals surface area contributed by atoms with E-state index in [0.717, 1.165) is 41.7 Å². The molecule has 4 aliphatic rings. The fourth-order valence-corrected chi connectivity index (χ4v) is 6.40. The molecule has 1 aliphatic carbocycles. The largest absolute Gasteiger partial charge is 0.496 e. The first kappa shape index (κ1) is 25.9. The Morgan fingerprint density at radius 3 is 2.83 bits per heavy atom. The van der Waals surface area contributed by atoms with Gasteiger partial charge in [-0.05, 0) is 68.4 Å². The average Bonchev–Trinajstić information content (AvgIpc) is 3.30. The van der Waals surface area contributed by atoms with Crippen LogP contribution in [0, 0.1) is 0 Å². The maximum atomic E-state index is 15.6. The second-order valence-corrected chi connectivity index (χ2v) is 11.5. The third kappa shape index (κ3) is 5.03. The minimum Gasteiger partial charge on any atom is -0.496 e. The highest BCUT2D eigenvalue weighted by molar-refractivity contribution is 9.10. The molecule has 0 spiro atoms.